The van der Waals surface area contributed by atoms with Crippen LogP contribution in [0.4, 0.5) is 8.78 Å². The predicted octanol–water partition coefficient (Wildman–Crippen LogP) is 6.00. The topological polar surface area (TPSA) is 22.1 Å². The van der Waals surface area contributed by atoms with Crippen LogP contribution in [-0.2, 0) is 13.2 Å². The van der Waals surface area contributed by atoms with Gasteiger partial charge in [0, 0.05) is 16.8 Å². The molecule has 1 aromatic carbocycles. The van der Waals surface area contributed by atoms with Crippen LogP contribution >= 0.6 is 38.8 Å². The van der Waals surface area contributed by atoms with Crippen molar-refractivity contribution in [1.29, 1.82) is 0 Å². The summed E-state index contributed by atoms with van der Waals surface area (Å²) in [4.78, 5) is 3.88. The van der Waals surface area contributed by atoms with E-state index in [-0.39, 0.29) is 19.1 Å². The Kier molecular flexibility index (Phi) is 8.87. The van der Waals surface area contributed by atoms with E-state index in [2.05, 4.69) is 37.0 Å². The van der Waals surface area contributed by atoms with E-state index in [1.165, 1.54) is 6.20 Å². The Balaban J connectivity index is 0.000000677. The molecule has 1 aromatic heterocycles. The Hall–Kier alpha value is -0.0966. The first kappa shape index (κ1) is 19.0. The SMILES string of the molecule is Cc1cnc(OC(F)F)c(-c2cccc(Cl)c2)c1.[Br][Zn][Br]. The van der Waals surface area contributed by atoms with E-state index in [1.54, 1.807) is 30.3 Å². The number of rotatable bonds is 3. The third kappa shape index (κ3) is 6.68. The summed E-state index contributed by atoms with van der Waals surface area (Å²) in [5.41, 5.74) is 2.04. The molecule has 110 valence electrons. The number of ether oxygens (including phenoxy) is 1. The summed E-state index contributed by atoms with van der Waals surface area (Å²) in [6, 6.07) is 8.63. The van der Waals surface area contributed by atoms with Crippen molar-refractivity contribution in [2.45, 2.75) is 13.5 Å². The van der Waals surface area contributed by atoms with E-state index in [0.29, 0.717) is 16.1 Å². The van der Waals surface area contributed by atoms with Gasteiger partial charge in [-0.25, -0.2) is 4.98 Å². The molecule has 1 heterocycles. The van der Waals surface area contributed by atoms with Crippen LogP contribution in [0.5, 0.6) is 5.88 Å². The van der Waals surface area contributed by atoms with Crippen LogP contribution < -0.4 is 4.74 Å². The summed E-state index contributed by atoms with van der Waals surface area (Å²) < 4.78 is 29.0. The molecule has 0 saturated heterocycles. The summed E-state index contributed by atoms with van der Waals surface area (Å²) in [6.07, 6.45) is 1.48. The molecule has 2 aromatic rings. The number of aromatic nitrogens is 1. The van der Waals surface area contributed by atoms with Crippen molar-refractivity contribution in [3.8, 4) is 17.0 Å². The number of alkyl halides is 2. The van der Waals surface area contributed by atoms with Gasteiger partial charge in [-0.3, -0.25) is 0 Å². The first-order valence-corrected chi connectivity index (χ1v) is 20.0. The van der Waals surface area contributed by atoms with Crippen LogP contribution in [0.3, 0.4) is 0 Å². The molecular weight excluding hydrogens is 485 g/mol. The number of benzene rings is 1. The van der Waals surface area contributed by atoms with Gasteiger partial charge in [-0.1, -0.05) is 23.7 Å². The number of pyridine rings is 1. The van der Waals surface area contributed by atoms with Crippen LogP contribution in [-0.4, -0.2) is 11.6 Å². The van der Waals surface area contributed by atoms with Gasteiger partial charge in [0.05, 0.1) is 0 Å². The van der Waals surface area contributed by atoms with E-state index in [1.807, 2.05) is 6.92 Å². The van der Waals surface area contributed by atoms with Gasteiger partial charge in [0.15, 0.2) is 0 Å². The third-order valence-corrected chi connectivity index (χ3v) is 2.56. The van der Waals surface area contributed by atoms with Gasteiger partial charge in [-0.2, -0.15) is 8.78 Å². The molecule has 21 heavy (non-hydrogen) atoms. The van der Waals surface area contributed by atoms with E-state index >= 15 is 0 Å². The fourth-order valence-electron chi connectivity index (χ4n) is 1.60. The third-order valence-electron chi connectivity index (χ3n) is 2.32. The molecule has 0 atom stereocenters. The molecule has 8 heteroatoms. The van der Waals surface area contributed by atoms with Gasteiger partial charge in [0.1, 0.15) is 0 Å². The van der Waals surface area contributed by atoms with Crippen molar-refractivity contribution in [3.63, 3.8) is 0 Å². The van der Waals surface area contributed by atoms with Crippen molar-refractivity contribution < 1.29 is 26.7 Å². The Morgan fingerprint density at radius 1 is 1.29 bits per heavy atom. The maximum atomic E-state index is 12.3. The van der Waals surface area contributed by atoms with E-state index in [9.17, 15) is 8.78 Å². The summed E-state index contributed by atoms with van der Waals surface area (Å²) in [7, 11) is 0. The van der Waals surface area contributed by atoms with Crippen molar-refractivity contribution in [3.05, 3.63) is 47.1 Å². The molecule has 0 N–H and O–H groups in total. The maximum absolute atomic E-state index is 12.3. The Bertz CT molecular complexity index is 590. The van der Waals surface area contributed by atoms with Crippen molar-refractivity contribution in [2.75, 3.05) is 0 Å². The Morgan fingerprint density at radius 2 is 1.95 bits per heavy atom. The average Bonchev–Trinajstić information content (AvgIpc) is 2.41. The first-order chi connectivity index (χ1) is 9.97. The zero-order chi connectivity index (χ0) is 15.8. The quantitative estimate of drug-likeness (QED) is 0.488. The monoisotopic (exact) mass is 491 g/mol. The number of aryl methyl sites for hydroxylation is 1. The molecule has 0 aliphatic carbocycles. The van der Waals surface area contributed by atoms with E-state index < -0.39 is 6.61 Å². The molecule has 0 radical (unpaired) electrons. The summed E-state index contributed by atoms with van der Waals surface area (Å²) in [5, 5.41) is 0.525. The molecule has 0 fully saturated rings. The first-order valence-electron chi connectivity index (χ1n) is 5.77. The minimum absolute atomic E-state index is 0.0992. The number of nitrogens with zero attached hydrogens (tertiary/aromatic N) is 1. The predicted molar refractivity (Wildman–Crippen MR) is 83.9 cm³/mol. The molecule has 0 saturated carbocycles. The molecule has 0 aliphatic rings. The van der Waals surface area contributed by atoms with Gasteiger partial charge in [0.2, 0.25) is 5.88 Å². The van der Waals surface area contributed by atoms with Crippen molar-refractivity contribution in [1.82, 2.24) is 4.98 Å². The van der Waals surface area contributed by atoms with Gasteiger partial charge in [-0.05, 0) is 36.2 Å². The zero-order valence-electron chi connectivity index (χ0n) is 11.0. The standard InChI is InChI=1S/C13H10ClF2NO.2BrH.Zn/c1-8-5-11(9-3-2-4-10(14)6-9)12(17-7-8)18-13(15)16;;;/h2-7,13H,1H3;2*1H;/q;;;+2/p-2. The van der Waals surface area contributed by atoms with Crippen molar-refractivity contribution in [2.24, 2.45) is 0 Å². The number of halogens is 5. The summed E-state index contributed by atoms with van der Waals surface area (Å²) in [5.74, 6) is -0.0992. The van der Waals surface area contributed by atoms with Crippen LogP contribution in [0.1, 0.15) is 5.56 Å². The van der Waals surface area contributed by atoms with Gasteiger partial charge < -0.3 is 4.74 Å². The van der Waals surface area contributed by atoms with Crippen LogP contribution in [0, 0.1) is 6.92 Å². The normalized spacial score (nSPS) is 9.67. The fraction of sp³-hybridized carbons (Fsp3) is 0.154. The Morgan fingerprint density at radius 3 is 2.52 bits per heavy atom. The van der Waals surface area contributed by atoms with Crippen LogP contribution in [0.15, 0.2) is 36.5 Å². The Labute approximate surface area is 147 Å². The van der Waals surface area contributed by atoms with Crippen LogP contribution in [0.2, 0.25) is 5.02 Å². The molecule has 2 nitrogen and oxygen atoms in total. The second-order valence-corrected chi connectivity index (χ2v) is 18.4. The number of hydrogen-bond donors (Lipinski definition) is 0. The number of hydrogen-bond acceptors (Lipinski definition) is 2. The fourth-order valence-corrected chi connectivity index (χ4v) is 1.79. The van der Waals surface area contributed by atoms with Gasteiger partial charge in [-0.15, -0.1) is 0 Å². The molecular formula is C13H10Br2ClF2NOZn. The molecule has 0 aliphatic heterocycles. The molecule has 0 amide bonds. The molecule has 0 spiro atoms. The van der Waals surface area contributed by atoms with Gasteiger partial charge in [0.25, 0.3) is 0 Å². The molecule has 2 rings (SSSR count). The van der Waals surface area contributed by atoms with Crippen molar-refractivity contribution >= 4 is 38.8 Å². The van der Waals surface area contributed by atoms with E-state index in [0.717, 1.165) is 5.56 Å². The second kappa shape index (κ2) is 9.83. The minimum atomic E-state index is -2.90. The zero-order valence-corrected chi connectivity index (χ0v) is 17.9. The summed E-state index contributed by atoms with van der Waals surface area (Å²) >= 11 is 12.1. The van der Waals surface area contributed by atoms with E-state index in [4.69, 9.17) is 11.6 Å². The van der Waals surface area contributed by atoms with Crippen LogP contribution in [0.25, 0.3) is 11.1 Å². The molecule has 0 unspecified atom stereocenters. The second-order valence-electron chi connectivity index (χ2n) is 3.86. The average molecular weight is 495 g/mol. The molecule has 0 bridgehead atoms. The van der Waals surface area contributed by atoms with Gasteiger partial charge >= 0.3 is 47.1 Å². The summed E-state index contributed by atoms with van der Waals surface area (Å²) in [6.45, 7) is -1.08.